The van der Waals surface area contributed by atoms with Gasteiger partial charge in [0.2, 0.25) is 0 Å². The highest BCUT2D eigenvalue weighted by atomic mass is 16.5. The molecule has 0 spiro atoms. The lowest BCUT2D eigenvalue weighted by atomic mass is 10.2. The molecule has 0 radical (unpaired) electrons. The van der Waals surface area contributed by atoms with Crippen molar-refractivity contribution in [1.82, 2.24) is 0 Å². The van der Waals surface area contributed by atoms with Crippen LogP contribution >= 0.6 is 0 Å². The van der Waals surface area contributed by atoms with Gasteiger partial charge in [0.25, 0.3) is 0 Å². The molecule has 0 saturated heterocycles. The molecule has 0 aliphatic rings. The van der Waals surface area contributed by atoms with E-state index in [1.54, 1.807) is 0 Å². The molecule has 0 heterocycles. The molecule has 1 aromatic carbocycles. The average Bonchev–Trinajstić information content (AvgIpc) is 2.25. The van der Waals surface area contributed by atoms with Crippen LogP contribution in [0.5, 0.6) is 5.75 Å². The van der Waals surface area contributed by atoms with E-state index in [2.05, 4.69) is 40.2 Å². The van der Waals surface area contributed by atoms with Gasteiger partial charge in [-0.3, -0.25) is 0 Å². The zero-order valence-corrected chi connectivity index (χ0v) is 11.3. The van der Waals surface area contributed by atoms with Gasteiger partial charge in [0.1, 0.15) is 25.0 Å². The Hall–Kier alpha value is -1.06. The summed E-state index contributed by atoms with van der Waals surface area (Å²) in [6, 6.07) is 8.03. The molecule has 0 fully saturated rings. The minimum Gasteiger partial charge on any atom is -0.491 e. The summed E-state index contributed by atoms with van der Waals surface area (Å²) < 4.78 is 6.29. The van der Waals surface area contributed by atoms with Gasteiger partial charge in [-0.05, 0) is 24.1 Å². The lowest BCUT2D eigenvalue weighted by Gasteiger charge is -2.26. The van der Waals surface area contributed by atoms with E-state index in [9.17, 15) is 5.11 Å². The second kappa shape index (κ2) is 6.03. The van der Waals surface area contributed by atoms with Crippen LogP contribution in [0.15, 0.2) is 24.3 Å². The number of nitrogens with zero attached hydrogens (tertiary/aromatic N) is 1. The smallest absolute Gasteiger partial charge is 0.137 e. The van der Waals surface area contributed by atoms with E-state index in [1.165, 1.54) is 5.56 Å². The molecule has 0 aliphatic carbocycles. The second-order valence-corrected chi connectivity index (χ2v) is 5.44. The summed E-state index contributed by atoms with van der Waals surface area (Å²) in [6.45, 7) is 3.16. The Balaban J connectivity index is 2.39. The van der Waals surface area contributed by atoms with Gasteiger partial charge in [-0.15, -0.1) is 0 Å². The minimum absolute atomic E-state index is 0.348. The summed E-state index contributed by atoms with van der Waals surface area (Å²) in [5.74, 6) is 0.822. The molecule has 0 unspecified atom stereocenters. The fourth-order valence-electron chi connectivity index (χ4n) is 1.70. The molecule has 0 saturated carbocycles. The van der Waals surface area contributed by atoms with Crippen LogP contribution in [0.1, 0.15) is 12.5 Å². The first-order valence-electron chi connectivity index (χ1n) is 6.11. The average molecular weight is 238 g/mol. The highest BCUT2D eigenvalue weighted by Crippen LogP contribution is 2.12. The molecular formula is C14H24NO2+. The standard InChI is InChI=1S/C14H24NO2/c1-5-12-6-8-14(9-7-12)17-11-13(16)10-15(2,3)4/h6-9,13,16H,5,10-11H2,1-4H3/q+1/t13-/m0/s1. The quantitative estimate of drug-likeness (QED) is 0.764. The van der Waals surface area contributed by atoms with Gasteiger partial charge in [0, 0.05) is 0 Å². The molecule has 0 amide bonds. The van der Waals surface area contributed by atoms with Crippen molar-refractivity contribution in [3.63, 3.8) is 0 Å². The summed E-state index contributed by atoms with van der Waals surface area (Å²) in [5, 5.41) is 9.81. The lowest BCUT2D eigenvalue weighted by Crippen LogP contribution is -2.43. The van der Waals surface area contributed by atoms with Crippen molar-refractivity contribution in [2.75, 3.05) is 34.3 Å². The summed E-state index contributed by atoms with van der Waals surface area (Å²) in [4.78, 5) is 0. The number of rotatable bonds is 6. The fraction of sp³-hybridized carbons (Fsp3) is 0.571. The molecule has 17 heavy (non-hydrogen) atoms. The van der Waals surface area contributed by atoms with Crippen molar-refractivity contribution in [1.29, 1.82) is 0 Å². The zero-order valence-electron chi connectivity index (χ0n) is 11.3. The maximum Gasteiger partial charge on any atom is 0.137 e. The third-order valence-corrected chi connectivity index (χ3v) is 2.53. The van der Waals surface area contributed by atoms with Crippen LogP contribution in [0.25, 0.3) is 0 Å². The maximum absolute atomic E-state index is 9.81. The summed E-state index contributed by atoms with van der Waals surface area (Å²) in [7, 11) is 6.16. The molecular weight excluding hydrogens is 214 g/mol. The van der Waals surface area contributed by atoms with Gasteiger partial charge in [0.05, 0.1) is 21.1 Å². The third-order valence-electron chi connectivity index (χ3n) is 2.53. The molecule has 96 valence electrons. The van der Waals surface area contributed by atoms with Gasteiger partial charge in [-0.1, -0.05) is 19.1 Å². The van der Waals surface area contributed by atoms with Crippen molar-refractivity contribution in [2.24, 2.45) is 0 Å². The van der Waals surface area contributed by atoms with Crippen LogP contribution in [0, 0.1) is 0 Å². The van der Waals surface area contributed by atoms with E-state index in [-0.39, 0.29) is 0 Å². The Bertz CT molecular complexity index is 327. The maximum atomic E-state index is 9.81. The van der Waals surface area contributed by atoms with Crippen molar-refractivity contribution < 1.29 is 14.3 Å². The van der Waals surface area contributed by atoms with E-state index in [1.807, 2.05) is 12.1 Å². The molecule has 1 rings (SSSR count). The van der Waals surface area contributed by atoms with Crippen molar-refractivity contribution in [3.05, 3.63) is 29.8 Å². The number of quaternary nitrogens is 1. The number of likely N-dealkylation sites (N-methyl/N-ethyl adjacent to an activating group) is 1. The topological polar surface area (TPSA) is 29.5 Å². The van der Waals surface area contributed by atoms with Gasteiger partial charge in [-0.2, -0.15) is 0 Å². The number of aliphatic hydroxyl groups excluding tert-OH is 1. The number of aryl methyl sites for hydroxylation is 1. The van der Waals surface area contributed by atoms with Crippen LogP contribution in [0.3, 0.4) is 0 Å². The Morgan fingerprint density at radius 3 is 2.24 bits per heavy atom. The highest BCUT2D eigenvalue weighted by molar-refractivity contribution is 5.27. The van der Waals surface area contributed by atoms with E-state index < -0.39 is 6.10 Å². The van der Waals surface area contributed by atoms with Gasteiger partial charge < -0.3 is 14.3 Å². The first-order valence-corrected chi connectivity index (χ1v) is 6.11. The van der Waals surface area contributed by atoms with Crippen LogP contribution in [0.4, 0.5) is 0 Å². The largest absolute Gasteiger partial charge is 0.491 e. The molecule has 1 N–H and O–H groups in total. The summed E-state index contributed by atoms with van der Waals surface area (Å²) in [6.07, 6.45) is 0.602. The molecule has 0 bridgehead atoms. The fourth-order valence-corrected chi connectivity index (χ4v) is 1.70. The van der Waals surface area contributed by atoms with E-state index >= 15 is 0 Å². The number of hydrogen-bond acceptors (Lipinski definition) is 2. The van der Waals surface area contributed by atoms with Gasteiger partial charge in [-0.25, -0.2) is 0 Å². The normalized spacial score (nSPS) is 13.5. The lowest BCUT2D eigenvalue weighted by molar-refractivity contribution is -0.873. The first-order chi connectivity index (χ1) is 7.90. The van der Waals surface area contributed by atoms with Crippen LogP contribution in [-0.4, -0.2) is 50.0 Å². The van der Waals surface area contributed by atoms with Crippen LogP contribution in [0.2, 0.25) is 0 Å². The third kappa shape index (κ3) is 5.71. The number of ether oxygens (including phenoxy) is 1. The molecule has 1 atom stereocenters. The van der Waals surface area contributed by atoms with Gasteiger partial charge >= 0.3 is 0 Å². The van der Waals surface area contributed by atoms with Crippen LogP contribution < -0.4 is 4.74 Å². The highest BCUT2D eigenvalue weighted by Gasteiger charge is 2.15. The Morgan fingerprint density at radius 1 is 1.18 bits per heavy atom. The van der Waals surface area contributed by atoms with E-state index in [0.717, 1.165) is 16.7 Å². The van der Waals surface area contributed by atoms with E-state index in [0.29, 0.717) is 13.2 Å². The van der Waals surface area contributed by atoms with Crippen molar-refractivity contribution >= 4 is 0 Å². The molecule has 1 aromatic rings. The Morgan fingerprint density at radius 2 is 1.76 bits per heavy atom. The number of benzene rings is 1. The molecule has 3 heteroatoms. The second-order valence-electron chi connectivity index (χ2n) is 5.44. The SMILES string of the molecule is CCc1ccc(OC[C@@H](O)C[N+](C)(C)C)cc1. The summed E-state index contributed by atoms with van der Waals surface area (Å²) in [5.41, 5.74) is 1.30. The van der Waals surface area contributed by atoms with Gasteiger partial charge in [0.15, 0.2) is 0 Å². The molecule has 0 aromatic heterocycles. The number of aliphatic hydroxyl groups is 1. The number of hydrogen-bond donors (Lipinski definition) is 1. The Labute approximate surface area is 104 Å². The Kier molecular flexibility index (Phi) is 4.97. The first kappa shape index (κ1) is 14.0. The monoisotopic (exact) mass is 238 g/mol. The van der Waals surface area contributed by atoms with Crippen LogP contribution in [-0.2, 0) is 6.42 Å². The zero-order chi connectivity index (χ0) is 12.9. The predicted molar refractivity (Wildman–Crippen MR) is 70.2 cm³/mol. The van der Waals surface area contributed by atoms with E-state index in [4.69, 9.17) is 4.74 Å². The molecule has 3 nitrogen and oxygen atoms in total. The van der Waals surface area contributed by atoms with Crippen molar-refractivity contribution in [3.8, 4) is 5.75 Å². The minimum atomic E-state index is -0.430. The van der Waals surface area contributed by atoms with Crippen molar-refractivity contribution in [2.45, 2.75) is 19.4 Å². The predicted octanol–water partition coefficient (Wildman–Crippen LogP) is 1.69. The molecule has 0 aliphatic heterocycles. The summed E-state index contributed by atoms with van der Waals surface area (Å²) >= 11 is 0.